The highest BCUT2D eigenvalue weighted by Gasteiger charge is 2.77. The van der Waals surface area contributed by atoms with Crippen molar-refractivity contribution >= 4 is 35.2 Å². The van der Waals surface area contributed by atoms with E-state index in [0.29, 0.717) is 18.7 Å². The standard InChI is InChI=1S/C26H37N3O4S/c1-5-6-14-27-23(32)21-26-13-12-25(4,34-26)19(22(31)28-17-10-8-7-9-11-17)20(26)24(33)29(21)18(15-30)16(2)3/h7-11,16,18-21,30H,5-6,12-15H2,1-4H3,(H,27,32)(H,28,31)/t18-,19-,20-,21?,25+,26?/m0/s1. The average molecular weight is 488 g/mol. The highest BCUT2D eigenvalue weighted by atomic mass is 32.2. The van der Waals surface area contributed by atoms with Gasteiger partial charge >= 0.3 is 0 Å². The third kappa shape index (κ3) is 3.92. The molecule has 0 aromatic heterocycles. The minimum absolute atomic E-state index is 0.0236. The first-order valence-corrected chi connectivity index (χ1v) is 13.3. The first kappa shape index (κ1) is 25.0. The second kappa shape index (κ2) is 9.53. The molecule has 34 heavy (non-hydrogen) atoms. The number of carbonyl (C=O) groups excluding carboxylic acids is 3. The predicted molar refractivity (Wildman–Crippen MR) is 134 cm³/mol. The van der Waals surface area contributed by atoms with Gasteiger partial charge in [0.15, 0.2) is 0 Å². The fraction of sp³-hybridized carbons (Fsp3) is 0.654. The van der Waals surface area contributed by atoms with Gasteiger partial charge in [0.05, 0.1) is 29.2 Å². The number of aliphatic hydroxyl groups excluding tert-OH is 1. The molecule has 7 nitrogen and oxygen atoms in total. The van der Waals surface area contributed by atoms with E-state index in [1.54, 1.807) is 16.7 Å². The van der Waals surface area contributed by atoms with Crippen molar-refractivity contribution in [3.05, 3.63) is 30.3 Å². The van der Waals surface area contributed by atoms with E-state index in [1.165, 1.54) is 0 Å². The van der Waals surface area contributed by atoms with Crippen molar-refractivity contribution < 1.29 is 19.5 Å². The third-order valence-electron chi connectivity index (χ3n) is 7.93. The van der Waals surface area contributed by atoms with Crippen LogP contribution >= 0.6 is 11.8 Å². The maximum Gasteiger partial charge on any atom is 0.244 e. The molecule has 6 atom stereocenters. The molecule has 2 bridgehead atoms. The number of benzene rings is 1. The molecule has 3 saturated heterocycles. The SMILES string of the molecule is CCCCNC(=O)C1N([C@@H](CO)C(C)C)C(=O)[C@@H]2[C@@H](C(=O)Nc3ccccc3)[C@@]3(C)CCC12S3. The largest absolute Gasteiger partial charge is 0.394 e. The minimum atomic E-state index is -0.692. The summed E-state index contributed by atoms with van der Waals surface area (Å²) in [5.41, 5.74) is 0.699. The van der Waals surface area contributed by atoms with Crippen LogP contribution in [0.3, 0.4) is 0 Å². The van der Waals surface area contributed by atoms with Gasteiger partial charge in [0, 0.05) is 17.0 Å². The summed E-state index contributed by atoms with van der Waals surface area (Å²) in [5, 5.41) is 16.3. The Balaban J connectivity index is 1.72. The van der Waals surface area contributed by atoms with Crippen LogP contribution in [0.4, 0.5) is 5.69 Å². The molecule has 3 aliphatic rings. The van der Waals surface area contributed by atoms with Crippen LogP contribution in [0.15, 0.2) is 30.3 Å². The Kier molecular flexibility index (Phi) is 7.02. The summed E-state index contributed by atoms with van der Waals surface area (Å²) in [7, 11) is 0. The number of rotatable bonds is 9. The number of nitrogens with one attached hydrogen (secondary N) is 2. The summed E-state index contributed by atoms with van der Waals surface area (Å²) in [4.78, 5) is 42.9. The number of thioether (sulfide) groups is 1. The van der Waals surface area contributed by atoms with Crippen LogP contribution < -0.4 is 10.6 Å². The molecule has 4 rings (SSSR count). The fourth-order valence-corrected chi connectivity index (χ4v) is 8.61. The molecule has 8 heteroatoms. The van der Waals surface area contributed by atoms with Gasteiger partial charge in [0.25, 0.3) is 0 Å². The summed E-state index contributed by atoms with van der Waals surface area (Å²) < 4.78 is -1.08. The third-order valence-corrected chi connectivity index (χ3v) is 9.92. The fourth-order valence-electron chi connectivity index (χ4n) is 6.27. The number of para-hydroxylation sites is 1. The van der Waals surface area contributed by atoms with Gasteiger partial charge < -0.3 is 20.6 Å². The molecule has 2 unspecified atom stereocenters. The summed E-state index contributed by atoms with van der Waals surface area (Å²) in [6.07, 6.45) is 3.30. The Bertz CT molecular complexity index is 941. The Labute approximate surface area is 206 Å². The van der Waals surface area contributed by atoms with Crippen molar-refractivity contribution in [2.75, 3.05) is 18.5 Å². The highest BCUT2D eigenvalue weighted by Crippen LogP contribution is 2.71. The minimum Gasteiger partial charge on any atom is -0.394 e. The average Bonchev–Trinajstić information content (AvgIpc) is 3.36. The molecule has 0 saturated carbocycles. The Morgan fingerprint density at radius 1 is 1.21 bits per heavy atom. The first-order valence-electron chi connectivity index (χ1n) is 12.5. The zero-order chi connectivity index (χ0) is 24.7. The molecule has 3 N–H and O–H groups in total. The summed E-state index contributed by atoms with van der Waals surface area (Å²) in [6.45, 7) is 8.39. The van der Waals surface area contributed by atoms with Crippen LogP contribution in [0.25, 0.3) is 0 Å². The van der Waals surface area contributed by atoms with Gasteiger partial charge in [-0.15, -0.1) is 11.8 Å². The summed E-state index contributed by atoms with van der Waals surface area (Å²) in [6, 6.07) is 8.12. The number of nitrogens with zero attached hydrogens (tertiary/aromatic N) is 1. The molecule has 0 aliphatic carbocycles. The molecule has 1 aromatic carbocycles. The van der Waals surface area contributed by atoms with Gasteiger partial charge in [-0.2, -0.15) is 0 Å². The number of aliphatic hydroxyl groups is 1. The maximum atomic E-state index is 14.1. The molecule has 3 fully saturated rings. The normalized spacial score (nSPS) is 32.7. The zero-order valence-corrected chi connectivity index (χ0v) is 21.4. The summed E-state index contributed by atoms with van der Waals surface area (Å²) in [5.74, 6) is -1.66. The highest BCUT2D eigenvalue weighted by molar-refractivity contribution is 8.02. The van der Waals surface area contributed by atoms with Gasteiger partial charge in [-0.25, -0.2) is 0 Å². The number of hydrogen-bond acceptors (Lipinski definition) is 5. The molecule has 0 radical (unpaired) electrons. The molecule has 1 spiro atoms. The first-order chi connectivity index (χ1) is 16.2. The van der Waals surface area contributed by atoms with Gasteiger partial charge in [-0.1, -0.05) is 45.4 Å². The van der Waals surface area contributed by atoms with E-state index in [4.69, 9.17) is 0 Å². The van der Waals surface area contributed by atoms with E-state index in [2.05, 4.69) is 24.5 Å². The van der Waals surface area contributed by atoms with Crippen LogP contribution in [0.1, 0.15) is 53.4 Å². The van der Waals surface area contributed by atoms with E-state index < -0.39 is 33.4 Å². The predicted octanol–water partition coefficient (Wildman–Crippen LogP) is 3.04. The van der Waals surface area contributed by atoms with Gasteiger partial charge in [-0.05, 0) is 44.2 Å². The molecule has 3 heterocycles. The second-order valence-corrected chi connectivity index (χ2v) is 12.4. The molecule has 3 aliphatic heterocycles. The number of hydrogen-bond donors (Lipinski definition) is 3. The molecular weight excluding hydrogens is 450 g/mol. The Morgan fingerprint density at radius 2 is 1.91 bits per heavy atom. The van der Waals surface area contributed by atoms with E-state index in [0.717, 1.165) is 19.3 Å². The number of anilines is 1. The van der Waals surface area contributed by atoms with Crippen molar-refractivity contribution in [1.29, 1.82) is 0 Å². The van der Waals surface area contributed by atoms with Crippen molar-refractivity contribution in [3.63, 3.8) is 0 Å². The van der Waals surface area contributed by atoms with Crippen LogP contribution in [-0.2, 0) is 14.4 Å². The van der Waals surface area contributed by atoms with Gasteiger partial charge in [0.1, 0.15) is 6.04 Å². The molecule has 1 aromatic rings. The monoisotopic (exact) mass is 487 g/mol. The lowest BCUT2D eigenvalue weighted by Gasteiger charge is -2.38. The van der Waals surface area contributed by atoms with Gasteiger partial charge in [-0.3, -0.25) is 14.4 Å². The van der Waals surface area contributed by atoms with Crippen LogP contribution in [0.2, 0.25) is 0 Å². The van der Waals surface area contributed by atoms with Gasteiger partial charge in [0.2, 0.25) is 17.7 Å². The zero-order valence-electron chi connectivity index (χ0n) is 20.5. The Morgan fingerprint density at radius 3 is 2.53 bits per heavy atom. The Hall–Kier alpha value is -2.06. The van der Waals surface area contributed by atoms with Crippen molar-refractivity contribution in [1.82, 2.24) is 10.2 Å². The lowest BCUT2D eigenvalue weighted by atomic mass is 9.66. The van der Waals surface area contributed by atoms with Crippen molar-refractivity contribution in [3.8, 4) is 0 Å². The molecule has 3 amide bonds. The lowest BCUT2D eigenvalue weighted by Crippen LogP contribution is -2.57. The number of likely N-dealkylation sites (tertiary alicyclic amines) is 1. The smallest absolute Gasteiger partial charge is 0.244 e. The van der Waals surface area contributed by atoms with Crippen LogP contribution in [0.5, 0.6) is 0 Å². The number of carbonyl (C=O) groups is 3. The quantitative estimate of drug-likeness (QED) is 0.465. The number of amides is 3. The number of fused-ring (bicyclic) bond motifs is 1. The van der Waals surface area contributed by atoms with Crippen LogP contribution in [-0.4, -0.2) is 62.5 Å². The van der Waals surface area contributed by atoms with E-state index in [-0.39, 0.29) is 30.2 Å². The molecule has 186 valence electrons. The maximum absolute atomic E-state index is 14.1. The lowest BCUT2D eigenvalue weighted by molar-refractivity contribution is -0.143. The van der Waals surface area contributed by atoms with Crippen molar-refractivity contribution in [2.24, 2.45) is 17.8 Å². The number of unbranched alkanes of at least 4 members (excludes halogenated alkanes) is 1. The van der Waals surface area contributed by atoms with Crippen molar-refractivity contribution in [2.45, 2.75) is 75.0 Å². The second-order valence-electron chi connectivity index (χ2n) is 10.5. The topological polar surface area (TPSA) is 98.7 Å². The van der Waals surface area contributed by atoms with E-state index >= 15 is 0 Å². The molecular formula is C26H37N3O4S. The summed E-state index contributed by atoms with van der Waals surface area (Å²) >= 11 is 1.66. The van der Waals surface area contributed by atoms with Crippen LogP contribution in [0, 0.1) is 17.8 Å². The van der Waals surface area contributed by atoms with E-state index in [1.807, 2.05) is 44.2 Å². The van der Waals surface area contributed by atoms with E-state index in [9.17, 15) is 19.5 Å².